The molecule has 0 saturated carbocycles. The molecule has 0 spiro atoms. The van der Waals surface area contributed by atoms with Crippen molar-refractivity contribution in [1.29, 1.82) is 0 Å². The summed E-state index contributed by atoms with van der Waals surface area (Å²) in [6.45, 7) is -0.549. The van der Waals surface area contributed by atoms with E-state index in [1.54, 1.807) is 0 Å². The highest BCUT2D eigenvalue weighted by Crippen LogP contribution is 2.25. The Labute approximate surface area is 163 Å². The molecule has 0 bridgehead atoms. The van der Waals surface area contributed by atoms with Gasteiger partial charge in [0.2, 0.25) is 0 Å². The molecule has 0 aliphatic heterocycles. The summed E-state index contributed by atoms with van der Waals surface area (Å²) in [4.78, 5) is 3.42. The zero-order valence-electron chi connectivity index (χ0n) is 14.6. The van der Waals surface area contributed by atoms with Crippen molar-refractivity contribution >= 4 is 27.6 Å². The summed E-state index contributed by atoms with van der Waals surface area (Å²) in [6, 6.07) is 4.19. The van der Waals surface area contributed by atoms with Gasteiger partial charge in [-0.1, -0.05) is 17.7 Å². The van der Waals surface area contributed by atoms with Crippen molar-refractivity contribution in [2.24, 2.45) is 0 Å². The van der Waals surface area contributed by atoms with Crippen LogP contribution in [0.25, 0.3) is 0 Å². The molecule has 1 aromatic carbocycles. The van der Waals surface area contributed by atoms with E-state index in [9.17, 15) is 21.6 Å². The number of benzene rings is 1. The van der Waals surface area contributed by atoms with Crippen molar-refractivity contribution in [3.05, 3.63) is 52.3 Å². The Hall–Kier alpha value is -2.60. The van der Waals surface area contributed by atoms with E-state index in [0.717, 1.165) is 0 Å². The van der Waals surface area contributed by atoms with Crippen LogP contribution in [-0.4, -0.2) is 33.0 Å². The number of nitrogens with one attached hydrogen (secondary N) is 1. The number of anilines is 1. The molecule has 8 nitrogen and oxygen atoms in total. The number of hydrogen-bond acceptors (Lipinski definition) is 5. The summed E-state index contributed by atoms with van der Waals surface area (Å²) in [5.41, 5.74) is -0.159. The first-order valence-electron chi connectivity index (χ1n) is 7.79. The fraction of sp³-hybridized carbons (Fsp3) is 0.267. The van der Waals surface area contributed by atoms with E-state index in [2.05, 4.69) is 19.9 Å². The van der Waals surface area contributed by atoms with Crippen LogP contribution in [0, 0.1) is 19.7 Å². The zero-order valence-corrected chi connectivity index (χ0v) is 16.1. The van der Waals surface area contributed by atoms with Crippen molar-refractivity contribution < 1.29 is 21.6 Å². The van der Waals surface area contributed by atoms with E-state index < -0.39 is 22.4 Å². The molecule has 0 fully saturated rings. The third kappa shape index (κ3) is 3.83. The quantitative estimate of drug-likeness (QED) is 0.643. The average Bonchev–Trinajstić information content (AvgIpc) is 3.14. The fourth-order valence-electron chi connectivity index (χ4n) is 2.66. The van der Waals surface area contributed by atoms with E-state index in [4.69, 9.17) is 11.6 Å². The minimum Gasteiger partial charge on any atom is -0.246 e. The largest absolute Gasteiger partial charge is 0.333 e. The normalized spacial score (nSPS) is 12.0. The lowest BCUT2D eigenvalue weighted by atomic mass is 10.2. The molecule has 1 N–H and O–H groups in total. The number of aryl methyl sites for hydroxylation is 1. The minimum absolute atomic E-state index is 0.0817. The molecule has 0 amide bonds. The Bertz CT molecular complexity index is 1110. The van der Waals surface area contributed by atoms with Crippen molar-refractivity contribution in [2.75, 3.05) is 4.72 Å². The van der Waals surface area contributed by atoms with Gasteiger partial charge in [0, 0.05) is 10.6 Å². The maximum absolute atomic E-state index is 13.9. The summed E-state index contributed by atoms with van der Waals surface area (Å²) in [6.07, 6.45) is 1.18. The first-order chi connectivity index (χ1) is 13.1. The molecule has 2 heterocycles. The van der Waals surface area contributed by atoms with Crippen LogP contribution < -0.4 is 4.72 Å². The van der Waals surface area contributed by atoms with E-state index >= 15 is 0 Å². The molecule has 0 saturated heterocycles. The average molecular weight is 435 g/mol. The second-order valence-electron chi connectivity index (χ2n) is 5.79. The highest BCUT2D eigenvalue weighted by molar-refractivity contribution is 7.92. The highest BCUT2D eigenvalue weighted by Gasteiger charge is 2.28. The molecule has 0 radical (unpaired) electrons. The molecular weight excluding hydrogens is 421 g/mol. The molecule has 13 heteroatoms. The van der Waals surface area contributed by atoms with Crippen LogP contribution in [0.5, 0.6) is 0 Å². The van der Waals surface area contributed by atoms with Crippen LogP contribution >= 0.6 is 11.6 Å². The van der Waals surface area contributed by atoms with Gasteiger partial charge in [0.15, 0.2) is 0 Å². The third-order valence-electron chi connectivity index (χ3n) is 3.86. The van der Waals surface area contributed by atoms with Gasteiger partial charge in [0.05, 0.1) is 17.9 Å². The second-order valence-corrected chi connectivity index (χ2v) is 7.82. The van der Waals surface area contributed by atoms with Crippen LogP contribution in [0.15, 0.2) is 29.4 Å². The van der Waals surface area contributed by atoms with Crippen LogP contribution in [0.3, 0.4) is 0 Å². The highest BCUT2D eigenvalue weighted by atomic mass is 35.5. The molecule has 2 aromatic heterocycles. The van der Waals surface area contributed by atoms with Crippen molar-refractivity contribution in [3.8, 4) is 0 Å². The van der Waals surface area contributed by atoms with Gasteiger partial charge in [-0.05, 0) is 26.0 Å². The van der Waals surface area contributed by atoms with Crippen LogP contribution in [0.4, 0.5) is 19.1 Å². The van der Waals surface area contributed by atoms with Gasteiger partial charge in [0.1, 0.15) is 17.0 Å². The number of halogens is 4. The maximum atomic E-state index is 13.9. The molecule has 3 aromatic rings. The van der Waals surface area contributed by atoms with Gasteiger partial charge >= 0.3 is 6.55 Å². The predicted molar refractivity (Wildman–Crippen MR) is 94.3 cm³/mol. The van der Waals surface area contributed by atoms with E-state index in [1.807, 2.05) is 0 Å². The van der Waals surface area contributed by atoms with Crippen molar-refractivity contribution in [3.63, 3.8) is 0 Å². The Morgan fingerprint density at radius 1 is 1.25 bits per heavy atom. The number of sulfonamides is 1. The molecule has 150 valence electrons. The van der Waals surface area contributed by atoms with Crippen LogP contribution in [0.2, 0.25) is 5.02 Å². The number of rotatable bonds is 6. The van der Waals surface area contributed by atoms with Gasteiger partial charge in [-0.25, -0.2) is 26.9 Å². The van der Waals surface area contributed by atoms with Gasteiger partial charge in [-0.2, -0.15) is 18.9 Å². The summed E-state index contributed by atoms with van der Waals surface area (Å²) >= 11 is 5.95. The Morgan fingerprint density at radius 2 is 1.96 bits per heavy atom. The summed E-state index contributed by atoms with van der Waals surface area (Å²) in [5, 5.41) is 7.64. The monoisotopic (exact) mass is 434 g/mol. The van der Waals surface area contributed by atoms with Crippen LogP contribution in [-0.2, 0) is 16.6 Å². The second kappa shape index (κ2) is 7.43. The van der Waals surface area contributed by atoms with Crippen LogP contribution in [0.1, 0.15) is 23.5 Å². The fourth-order valence-corrected chi connectivity index (χ4v) is 4.23. The van der Waals surface area contributed by atoms with E-state index in [1.165, 1.54) is 43.1 Å². The van der Waals surface area contributed by atoms with Crippen molar-refractivity contribution in [2.45, 2.75) is 31.8 Å². The molecular formula is C15H14ClF3N6O2S. The molecule has 3 rings (SSSR count). The lowest BCUT2D eigenvalue weighted by Gasteiger charge is -2.06. The molecule has 0 unspecified atom stereocenters. The molecule has 0 atom stereocenters. The smallest absolute Gasteiger partial charge is 0.246 e. The topological polar surface area (TPSA) is 94.7 Å². The Kier molecular flexibility index (Phi) is 5.35. The van der Waals surface area contributed by atoms with Gasteiger partial charge < -0.3 is 0 Å². The lowest BCUT2D eigenvalue weighted by Crippen LogP contribution is -2.16. The number of aromatic nitrogens is 5. The van der Waals surface area contributed by atoms with Gasteiger partial charge in [-0.15, -0.1) is 5.10 Å². The van der Waals surface area contributed by atoms with Gasteiger partial charge in [-0.3, -0.25) is 0 Å². The number of nitrogens with zero attached hydrogens (tertiary/aromatic N) is 5. The number of hydrogen-bond donors (Lipinski definition) is 1. The lowest BCUT2D eigenvalue weighted by molar-refractivity contribution is 0.0538. The summed E-state index contributed by atoms with van der Waals surface area (Å²) in [5.74, 6) is -0.855. The summed E-state index contributed by atoms with van der Waals surface area (Å²) in [7, 11) is -4.27. The molecule has 0 aliphatic carbocycles. The Balaban J connectivity index is 1.85. The first kappa shape index (κ1) is 20.1. The van der Waals surface area contributed by atoms with E-state index in [-0.39, 0.29) is 39.4 Å². The predicted octanol–water partition coefficient (Wildman–Crippen LogP) is 3.13. The summed E-state index contributed by atoms with van der Waals surface area (Å²) < 4.78 is 68.5. The molecule has 0 aliphatic rings. The van der Waals surface area contributed by atoms with E-state index in [0.29, 0.717) is 4.68 Å². The van der Waals surface area contributed by atoms with Gasteiger partial charge in [0.25, 0.3) is 16.0 Å². The zero-order chi connectivity index (χ0) is 20.6. The SMILES string of the molecule is Cc1nn(C(F)F)c(C)c1S(=O)(=O)Nc1ncn(Cc2c(F)cccc2Cl)n1. The Morgan fingerprint density at radius 3 is 2.57 bits per heavy atom. The molecule has 28 heavy (non-hydrogen) atoms. The number of alkyl halides is 2. The minimum atomic E-state index is -4.27. The third-order valence-corrected chi connectivity index (χ3v) is 5.79. The van der Waals surface area contributed by atoms with Crippen molar-refractivity contribution in [1.82, 2.24) is 24.5 Å². The maximum Gasteiger partial charge on any atom is 0.333 e. The first-order valence-corrected chi connectivity index (χ1v) is 9.65. The standard InChI is InChI=1S/C15H14ClF3N6O2S/c1-8-13(9(2)25(21-8)14(18)19)28(26,27)23-15-20-7-24(22-15)6-10-11(16)4-3-5-12(10)17/h3-5,7,14H,6H2,1-2H3,(H,22,23).